The summed E-state index contributed by atoms with van der Waals surface area (Å²) in [5.74, 6) is 0.409. The average molecular weight is 416 g/mol. The number of carbonyl (C=O) groups is 2. The van der Waals surface area contributed by atoms with Crippen molar-refractivity contribution in [3.05, 3.63) is 11.4 Å². The Morgan fingerprint density at radius 2 is 1.63 bits per heavy atom. The molecular formula is C22H33N5O3. The molecule has 1 spiro atoms. The Morgan fingerprint density at radius 1 is 0.933 bits per heavy atom. The number of piperazine rings is 1. The van der Waals surface area contributed by atoms with E-state index in [1.165, 1.54) is 32.1 Å². The number of hydrogen-bond acceptors (Lipinski definition) is 6. The van der Waals surface area contributed by atoms with E-state index in [1.54, 1.807) is 6.92 Å². The van der Waals surface area contributed by atoms with Gasteiger partial charge in [-0.15, -0.1) is 0 Å². The highest BCUT2D eigenvalue weighted by atomic mass is 16.6. The highest BCUT2D eigenvalue weighted by Crippen LogP contribution is 2.60. The summed E-state index contributed by atoms with van der Waals surface area (Å²) < 4.78 is 4.67. The van der Waals surface area contributed by atoms with Crippen LogP contribution in [-0.4, -0.2) is 82.1 Å². The molecule has 2 aliphatic carbocycles. The molecule has 8 heteroatoms. The third-order valence-electron chi connectivity index (χ3n) is 8.11. The Labute approximate surface area is 177 Å². The van der Waals surface area contributed by atoms with E-state index in [4.69, 9.17) is 0 Å². The first-order valence-corrected chi connectivity index (χ1v) is 11.7. The molecule has 5 rings (SSSR count). The van der Waals surface area contributed by atoms with Gasteiger partial charge in [-0.25, -0.2) is 4.63 Å². The zero-order valence-electron chi connectivity index (χ0n) is 18.0. The Kier molecular flexibility index (Phi) is 5.29. The van der Waals surface area contributed by atoms with Crippen LogP contribution in [0.1, 0.15) is 67.5 Å². The maximum atomic E-state index is 13.2. The third kappa shape index (κ3) is 3.63. The molecule has 1 aromatic heterocycles. The largest absolute Gasteiger partial charge is 0.340 e. The van der Waals surface area contributed by atoms with Crippen LogP contribution in [0.4, 0.5) is 0 Å². The minimum Gasteiger partial charge on any atom is -0.340 e. The lowest BCUT2D eigenvalue weighted by molar-refractivity contribution is -0.136. The van der Waals surface area contributed by atoms with Gasteiger partial charge in [0, 0.05) is 51.2 Å². The summed E-state index contributed by atoms with van der Waals surface area (Å²) in [5.41, 5.74) is 0.961. The number of hydrogen-bond donors (Lipinski definition) is 0. The molecule has 2 saturated carbocycles. The van der Waals surface area contributed by atoms with Gasteiger partial charge >= 0.3 is 0 Å². The standard InChI is InChI=1S/C22H33N5O3/c1-16-19(24-30-23-16)21(29)26-9-7-22(8-10-26)15-18(22)20(28)27-13-11-25(12-14-27)17-5-3-2-4-6-17/h17-18H,2-15H2,1H3/t18-/m0/s1. The fourth-order valence-corrected chi connectivity index (χ4v) is 5.95. The van der Waals surface area contributed by atoms with E-state index in [0.29, 0.717) is 30.4 Å². The van der Waals surface area contributed by atoms with Crippen molar-refractivity contribution in [3.63, 3.8) is 0 Å². The van der Waals surface area contributed by atoms with Crippen LogP contribution >= 0.6 is 0 Å². The second-order valence-electron chi connectivity index (χ2n) is 9.76. The van der Waals surface area contributed by atoms with Crippen molar-refractivity contribution in [3.8, 4) is 0 Å². The van der Waals surface area contributed by atoms with Gasteiger partial charge in [0.05, 0.1) is 0 Å². The monoisotopic (exact) mass is 415 g/mol. The van der Waals surface area contributed by atoms with E-state index in [2.05, 4.69) is 24.7 Å². The van der Waals surface area contributed by atoms with Gasteiger partial charge in [-0.05, 0) is 49.6 Å². The van der Waals surface area contributed by atoms with E-state index in [9.17, 15) is 9.59 Å². The predicted octanol–water partition coefficient (Wildman–Crippen LogP) is 2.10. The lowest BCUT2D eigenvalue weighted by Crippen LogP contribution is -2.53. The van der Waals surface area contributed by atoms with Crippen molar-refractivity contribution in [1.29, 1.82) is 0 Å². The molecule has 2 amide bonds. The minimum absolute atomic E-state index is 0.106. The van der Waals surface area contributed by atoms with Crippen LogP contribution in [0.15, 0.2) is 4.63 Å². The Hall–Kier alpha value is -1.96. The molecule has 0 unspecified atom stereocenters. The Bertz CT molecular complexity index is 786. The fraction of sp³-hybridized carbons (Fsp3) is 0.818. The second kappa shape index (κ2) is 7.94. The van der Waals surface area contributed by atoms with Gasteiger partial charge in [-0.3, -0.25) is 14.5 Å². The molecule has 30 heavy (non-hydrogen) atoms. The van der Waals surface area contributed by atoms with Crippen molar-refractivity contribution in [2.45, 2.75) is 64.3 Å². The van der Waals surface area contributed by atoms with Crippen LogP contribution in [0.25, 0.3) is 0 Å². The van der Waals surface area contributed by atoms with E-state index in [1.807, 2.05) is 4.90 Å². The van der Waals surface area contributed by atoms with Crippen molar-refractivity contribution < 1.29 is 14.2 Å². The first kappa shape index (κ1) is 20.0. The highest BCUT2D eigenvalue weighted by Gasteiger charge is 2.59. The number of piperidine rings is 1. The average Bonchev–Trinajstić information content (AvgIpc) is 3.31. The molecule has 2 aliphatic heterocycles. The molecular weight excluding hydrogens is 382 g/mol. The number of amides is 2. The molecule has 4 fully saturated rings. The number of likely N-dealkylation sites (tertiary alicyclic amines) is 1. The van der Waals surface area contributed by atoms with Gasteiger partial charge < -0.3 is 9.80 Å². The summed E-state index contributed by atoms with van der Waals surface area (Å²) in [6, 6.07) is 0.744. The molecule has 1 atom stereocenters. The Balaban J connectivity index is 1.11. The van der Waals surface area contributed by atoms with Gasteiger partial charge in [0.2, 0.25) is 5.91 Å². The van der Waals surface area contributed by atoms with E-state index in [-0.39, 0.29) is 17.2 Å². The molecule has 0 aromatic carbocycles. The highest BCUT2D eigenvalue weighted by molar-refractivity contribution is 5.93. The summed E-state index contributed by atoms with van der Waals surface area (Å²) in [6.45, 7) is 6.93. The lowest BCUT2D eigenvalue weighted by Gasteiger charge is -2.41. The topological polar surface area (TPSA) is 82.8 Å². The smallest absolute Gasteiger partial charge is 0.278 e. The van der Waals surface area contributed by atoms with Crippen molar-refractivity contribution in [2.75, 3.05) is 39.3 Å². The molecule has 164 valence electrons. The molecule has 3 heterocycles. The molecule has 1 aromatic rings. The van der Waals surface area contributed by atoms with E-state index in [0.717, 1.165) is 51.5 Å². The SMILES string of the molecule is Cc1nonc1C(=O)N1CCC2(CC1)C[C@H]2C(=O)N1CCN(C2CCCCC2)CC1. The quantitative estimate of drug-likeness (QED) is 0.752. The first-order valence-electron chi connectivity index (χ1n) is 11.7. The molecule has 0 radical (unpaired) electrons. The number of nitrogens with zero attached hydrogens (tertiary/aromatic N) is 5. The molecule has 8 nitrogen and oxygen atoms in total. The van der Waals surface area contributed by atoms with E-state index < -0.39 is 0 Å². The second-order valence-corrected chi connectivity index (χ2v) is 9.76. The molecule has 0 bridgehead atoms. The number of aromatic nitrogens is 2. The summed E-state index contributed by atoms with van der Waals surface area (Å²) in [4.78, 5) is 32.3. The maximum absolute atomic E-state index is 13.2. The summed E-state index contributed by atoms with van der Waals surface area (Å²) in [5, 5.41) is 7.45. The van der Waals surface area contributed by atoms with Gasteiger partial charge in [0.15, 0.2) is 5.69 Å². The fourth-order valence-electron chi connectivity index (χ4n) is 5.95. The normalized spacial score (nSPS) is 27.4. The predicted molar refractivity (Wildman–Crippen MR) is 110 cm³/mol. The first-order chi connectivity index (χ1) is 14.6. The van der Waals surface area contributed by atoms with Crippen LogP contribution in [-0.2, 0) is 4.79 Å². The van der Waals surface area contributed by atoms with Gasteiger partial charge in [-0.2, -0.15) is 0 Å². The van der Waals surface area contributed by atoms with E-state index >= 15 is 0 Å². The number of aryl methyl sites for hydroxylation is 1. The summed E-state index contributed by atoms with van der Waals surface area (Å²) >= 11 is 0. The lowest BCUT2D eigenvalue weighted by atomic mass is 9.90. The minimum atomic E-state index is -0.106. The third-order valence-corrected chi connectivity index (χ3v) is 8.11. The van der Waals surface area contributed by atoms with Gasteiger partial charge in [-0.1, -0.05) is 24.4 Å². The zero-order valence-corrected chi connectivity index (χ0v) is 18.0. The van der Waals surface area contributed by atoms with Crippen molar-refractivity contribution >= 4 is 11.8 Å². The Morgan fingerprint density at radius 3 is 2.27 bits per heavy atom. The van der Waals surface area contributed by atoms with Crippen LogP contribution < -0.4 is 0 Å². The van der Waals surface area contributed by atoms with Gasteiger partial charge in [0.1, 0.15) is 5.69 Å². The molecule has 2 saturated heterocycles. The zero-order chi connectivity index (χ0) is 20.7. The van der Waals surface area contributed by atoms with Crippen LogP contribution in [0, 0.1) is 18.3 Å². The van der Waals surface area contributed by atoms with Crippen LogP contribution in [0.5, 0.6) is 0 Å². The molecule has 0 N–H and O–H groups in total. The van der Waals surface area contributed by atoms with Crippen molar-refractivity contribution in [2.24, 2.45) is 11.3 Å². The number of rotatable bonds is 3. The van der Waals surface area contributed by atoms with Crippen LogP contribution in [0.2, 0.25) is 0 Å². The summed E-state index contributed by atoms with van der Waals surface area (Å²) in [7, 11) is 0. The molecule has 4 aliphatic rings. The van der Waals surface area contributed by atoms with Crippen molar-refractivity contribution in [1.82, 2.24) is 25.0 Å². The maximum Gasteiger partial charge on any atom is 0.278 e. The van der Waals surface area contributed by atoms with Crippen LogP contribution in [0.3, 0.4) is 0 Å². The summed E-state index contributed by atoms with van der Waals surface area (Å²) in [6.07, 6.45) is 9.57. The van der Waals surface area contributed by atoms with Gasteiger partial charge in [0.25, 0.3) is 5.91 Å². The number of carbonyl (C=O) groups excluding carboxylic acids is 2.